The average molecular weight is 227 g/mol. The zero-order valence-electron chi connectivity index (χ0n) is 8.79. The number of benzene rings is 1. The van der Waals surface area contributed by atoms with E-state index in [0.29, 0.717) is 0 Å². The van der Waals surface area contributed by atoms with Gasteiger partial charge < -0.3 is 0 Å². The summed E-state index contributed by atoms with van der Waals surface area (Å²) in [4.78, 5) is 0. The van der Waals surface area contributed by atoms with Gasteiger partial charge in [-0.25, -0.2) is 13.3 Å². The predicted molar refractivity (Wildman–Crippen MR) is 59.1 cm³/mol. The van der Waals surface area contributed by atoms with Crippen LogP contribution < -0.4 is 4.72 Å². The monoisotopic (exact) mass is 227 g/mol. The number of nitrogens with one attached hydrogen (secondary N) is 1. The van der Waals surface area contributed by atoms with Crippen LogP contribution in [0.25, 0.3) is 0 Å². The second-order valence-corrected chi connectivity index (χ2v) is 6.33. The van der Waals surface area contributed by atoms with Crippen LogP contribution in [0.5, 0.6) is 0 Å². The molecule has 0 aliphatic carbocycles. The Morgan fingerprint density at radius 3 is 2.47 bits per heavy atom. The summed E-state index contributed by atoms with van der Waals surface area (Å²) in [7, 11) is -1.01. The lowest BCUT2D eigenvalue weighted by Crippen LogP contribution is -2.24. The number of rotatable bonds is 1. The molecule has 0 radical (unpaired) electrons. The van der Waals surface area contributed by atoms with E-state index in [9.17, 15) is 8.60 Å². The van der Waals surface area contributed by atoms with E-state index in [1.165, 1.54) is 12.1 Å². The molecular weight excluding hydrogens is 213 g/mol. The van der Waals surface area contributed by atoms with Crippen LogP contribution in [0.3, 0.4) is 0 Å². The van der Waals surface area contributed by atoms with Gasteiger partial charge in [0.2, 0.25) is 0 Å². The summed E-state index contributed by atoms with van der Waals surface area (Å²) in [5, 5.41) is 0. The molecule has 2 atom stereocenters. The van der Waals surface area contributed by atoms with Crippen molar-refractivity contribution in [3.05, 3.63) is 35.6 Å². The minimum Gasteiger partial charge on any atom is -0.242 e. The highest BCUT2D eigenvalue weighted by Crippen LogP contribution is 2.34. The standard InChI is InChI=1S/C11H14FNOS/c1-11(2)7-10(13-15(11)14)8-3-5-9(12)6-4-8/h3-6,10,13H,7H2,1-2H3/t10-,15-/m1/s1. The van der Waals surface area contributed by atoms with Crippen molar-refractivity contribution in [3.63, 3.8) is 0 Å². The smallest absolute Gasteiger partial charge is 0.123 e. The highest BCUT2D eigenvalue weighted by molar-refractivity contribution is 7.84. The Morgan fingerprint density at radius 2 is 2.00 bits per heavy atom. The first-order chi connectivity index (χ1) is 6.99. The van der Waals surface area contributed by atoms with Crippen molar-refractivity contribution < 1.29 is 8.60 Å². The summed E-state index contributed by atoms with van der Waals surface area (Å²) in [6, 6.07) is 6.43. The van der Waals surface area contributed by atoms with Crippen molar-refractivity contribution >= 4 is 11.0 Å². The molecule has 1 saturated heterocycles. The molecule has 82 valence electrons. The van der Waals surface area contributed by atoms with Gasteiger partial charge in [0.1, 0.15) is 5.82 Å². The third-order valence-electron chi connectivity index (χ3n) is 2.72. The first-order valence-electron chi connectivity index (χ1n) is 4.92. The highest BCUT2D eigenvalue weighted by atomic mass is 32.2. The molecule has 1 aromatic carbocycles. The third-order valence-corrected chi connectivity index (χ3v) is 4.39. The summed E-state index contributed by atoms with van der Waals surface area (Å²) < 4.78 is 27.2. The Labute approximate surface area is 91.5 Å². The first kappa shape index (κ1) is 10.8. The van der Waals surface area contributed by atoms with E-state index in [0.717, 1.165) is 12.0 Å². The summed E-state index contributed by atoms with van der Waals surface area (Å²) in [5.74, 6) is -0.239. The molecule has 1 fully saturated rings. The predicted octanol–water partition coefficient (Wildman–Crippen LogP) is 2.30. The minimum absolute atomic E-state index is 0.0708. The number of halogens is 1. The molecule has 0 bridgehead atoms. The van der Waals surface area contributed by atoms with Gasteiger partial charge in [0, 0.05) is 6.04 Å². The fourth-order valence-corrected chi connectivity index (χ4v) is 2.89. The zero-order valence-corrected chi connectivity index (χ0v) is 9.60. The van der Waals surface area contributed by atoms with Crippen molar-refractivity contribution in [3.8, 4) is 0 Å². The normalized spacial score (nSPS) is 29.3. The average Bonchev–Trinajstić information content (AvgIpc) is 2.42. The van der Waals surface area contributed by atoms with Gasteiger partial charge in [-0.15, -0.1) is 0 Å². The summed E-state index contributed by atoms with van der Waals surface area (Å²) >= 11 is 0. The quantitative estimate of drug-likeness (QED) is 0.783. The second-order valence-electron chi connectivity index (χ2n) is 4.45. The fourth-order valence-electron chi connectivity index (χ4n) is 1.78. The topological polar surface area (TPSA) is 29.1 Å². The summed E-state index contributed by atoms with van der Waals surface area (Å²) in [6.07, 6.45) is 0.811. The highest BCUT2D eigenvalue weighted by Gasteiger charge is 2.38. The lowest BCUT2D eigenvalue weighted by molar-refractivity contribution is 0.567. The minimum atomic E-state index is -1.01. The van der Waals surface area contributed by atoms with E-state index in [2.05, 4.69) is 4.72 Å². The molecule has 0 spiro atoms. The van der Waals surface area contributed by atoms with Crippen LogP contribution in [0.15, 0.2) is 24.3 Å². The van der Waals surface area contributed by atoms with Gasteiger partial charge in [-0.05, 0) is 38.0 Å². The van der Waals surface area contributed by atoms with Gasteiger partial charge in [-0.2, -0.15) is 0 Å². The molecule has 0 amide bonds. The Balaban J connectivity index is 2.21. The van der Waals surface area contributed by atoms with Crippen LogP contribution in [0.2, 0.25) is 0 Å². The summed E-state index contributed by atoms with van der Waals surface area (Å²) in [5.41, 5.74) is 0.996. The van der Waals surface area contributed by atoms with Crippen molar-refractivity contribution in [2.24, 2.45) is 0 Å². The molecule has 1 aromatic rings. The van der Waals surface area contributed by atoms with E-state index in [1.54, 1.807) is 12.1 Å². The van der Waals surface area contributed by atoms with Crippen molar-refractivity contribution in [2.45, 2.75) is 31.1 Å². The van der Waals surface area contributed by atoms with Gasteiger partial charge in [-0.1, -0.05) is 12.1 Å². The third kappa shape index (κ3) is 2.11. The maximum absolute atomic E-state index is 12.7. The van der Waals surface area contributed by atoms with Crippen LogP contribution in [0, 0.1) is 5.82 Å². The number of hydrogen-bond acceptors (Lipinski definition) is 1. The largest absolute Gasteiger partial charge is 0.242 e. The molecule has 4 heteroatoms. The molecule has 2 nitrogen and oxygen atoms in total. The molecule has 1 aliphatic heterocycles. The van der Waals surface area contributed by atoms with Gasteiger partial charge in [0.15, 0.2) is 0 Å². The maximum atomic E-state index is 12.7. The zero-order chi connectivity index (χ0) is 11.1. The Hall–Kier alpha value is -0.740. The molecule has 1 aliphatic rings. The molecule has 1 heterocycles. The van der Waals surface area contributed by atoms with Crippen LogP contribution >= 0.6 is 0 Å². The Kier molecular flexibility index (Phi) is 2.64. The Morgan fingerprint density at radius 1 is 1.40 bits per heavy atom. The first-order valence-corrected chi connectivity index (χ1v) is 6.07. The van der Waals surface area contributed by atoms with Gasteiger partial charge in [-0.3, -0.25) is 0 Å². The van der Waals surface area contributed by atoms with Crippen LogP contribution in [-0.2, 0) is 11.0 Å². The van der Waals surface area contributed by atoms with Crippen molar-refractivity contribution in [1.82, 2.24) is 4.72 Å². The van der Waals surface area contributed by atoms with Gasteiger partial charge in [0.05, 0.1) is 15.7 Å². The van der Waals surface area contributed by atoms with Crippen molar-refractivity contribution in [2.75, 3.05) is 0 Å². The molecule has 0 aromatic heterocycles. The van der Waals surface area contributed by atoms with E-state index in [1.807, 2.05) is 13.8 Å². The summed E-state index contributed by atoms with van der Waals surface area (Å²) in [6.45, 7) is 3.94. The van der Waals surface area contributed by atoms with Gasteiger partial charge in [0.25, 0.3) is 0 Å². The van der Waals surface area contributed by atoms with Crippen molar-refractivity contribution in [1.29, 1.82) is 0 Å². The lowest BCUT2D eigenvalue weighted by Gasteiger charge is -2.13. The van der Waals surface area contributed by atoms with Crippen LogP contribution in [0.4, 0.5) is 4.39 Å². The number of hydrogen-bond donors (Lipinski definition) is 1. The molecule has 15 heavy (non-hydrogen) atoms. The molecule has 2 rings (SSSR count). The van der Waals surface area contributed by atoms with E-state index >= 15 is 0 Å². The molecular formula is C11H14FNOS. The molecule has 0 saturated carbocycles. The molecule has 1 N–H and O–H groups in total. The van der Waals surface area contributed by atoms with E-state index in [4.69, 9.17) is 0 Å². The second kappa shape index (κ2) is 3.68. The van der Waals surface area contributed by atoms with Gasteiger partial charge >= 0.3 is 0 Å². The lowest BCUT2D eigenvalue weighted by atomic mass is 9.97. The van der Waals surface area contributed by atoms with Crippen LogP contribution in [0.1, 0.15) is 31.9 Å². The van der Waals surface area contributed by atoms with Crippen LogP contribution in [-0.4, -0.2) is 8.96 Å². The SMILES string of the molecule is CC1(C)C[C@H](c2ccc(F)cc2)N[S@@]1=O. The fraction of sp³-hybridized carbons (Fsp3) is 0.455. The maximum Gasteiger partial charge on any atom is 0.123 e. The van der Waals surface area contributed by atoms with E-state index < -0.39 is 11.0 Å². The molecule has 0 unspecified atom stereocenters. The van der Waals surface area contributed by atoms with E-state index in [-0.39, 0.29) is 16.6 Å². The Bertz CT molecular complexity index is 388.